The number of nitrogens with zero attached hydrogens (tertiary/aromatic N) is 1. The molecule has 0 radical (unpaired) electrons. The van der Waals surface area contributed by atoms with Crippen LogP contribution in [0.5, 0.6) is 0 Å². The van der Waals surface area contributed by atoms with Crippen molar-refractivity contribution in [1.82, 2.24) is 4.90 Å². The van der Waals surface area contributed by atoms with Gasteiger partial charge >= 0.3 is 0 Å². The van der Waals surface area contributed by atoms with Crippen LogP contribution in [0, 0.1) is 5.92 Å². The average Bonchev–Trinajstić information content (AvgIpc) is 2.81. The van der Waals surface area contributed by atoms with Crippen molar-refractivity contribution in [1.29, 1.82) is 0 Å². The lowest BCUT2D eigenvalue weighted by Crippen LogP contribution is -2.56. The van der Waals surface area contributed by atoms with Crippen LogP contribution in [0.15, 0.2) is 11.8 Å². The number of likely N-dealkylation sites (N-methyl/N-ethyl adjacent to an activating group) is 1. The minimum absolute atomic E-state index is 0.131. The molecule has 0 spiro atoms. The number of aliphatic hydroxyl groups is 1. The van der Waals surface area contributed by atoms with Crippen LogP contribution in [-0.2, 0) is 4.74 Å². The van der Waals surface area contributed by atoms with Gasteiger partial charge in [-0.1, -0.05) is 19.8 Å². The molecule has 98 valence electrons. The minimum Gasteiger partial charge on any atom is -0.495 e. The molecule has 0 aromatic carbocycles. The molecular weight excluding hydrogens is 214 g/mol. The predicted octanol–water partition coefficient (Wildman–Crippen LogP) is 2.16. The van der Waals surface area contributed by atoms with Crippen LogP contribution < -0.4 is 0 Å². The fourth-order valence-corrected chi connectivity index (χ4v) is 3.36. The zero-order valence-corrected chi connectivity index (χ0v) is 11.3. The molecule has 1 fully saturated rings. The van der Waals surface area contributed by atoms with Crippen molar-refractivity contribution in [3.05, 3.63) is 11.8 Å². The molecule has 3 atom stereocenters. The van der Waals surface area contributed by atoms with Gasteiger partial charge in [0, 0.05) is 6.42 Å². The summed E-state index contributed by atoms with van der Waals surface area (Å²) in [6, 6.07) is 0. The molecule has 0 amide bonds. The first-order valence-corrected chi connectivity index (χ1v) is 6.74. The Morgan fingerprint density at radius 2 is 2.29 bits per heavy atom. The Labute approximate surface area is 104 Å². The van der Waals surface area contributed by atoms with Crippen molar-refractivity contribution in [2.24, 2.45) is 5.92 Å². The van der Waals surface area contributed by atoms with E-state index in [1.165, 1.54) is 12.8 Å². The van der Waals surface area contributed by atoms with E-state index in [0.717, 1.165) is 31.6 Å². The summed E-state index contributed by atoms with van der Waals surface area (Å²) in [5.41, 5.74) is -0.131. The third-order valence-electron chi connectivity index (χ3n) is 4.41. The molecule has 1 heterocycles. The molecule has 2 aliphatic rings. The maximum atomic E-state index is 10.7. The molecule has 3 unspecified atom stereocenters. The summed E-state index contributed by atoms with van der Waals surface area (Å²) in [5.74, 6) is 1.48. The molecule has 1 saturated carbocycles. The van der Waals surface area contributed by atoms with Crippen LogP contribution in [0.25, 0.3) is 0 Å². The fraction of sp³-hybridized carbons (Fsp3) is 0.857. The molecule has 0 aromatic heterocycles. The zero-order chi connectivity index (χ0) is 12.5. The summed E-state index contributed by atoms with van der Waals surface area (Å²) in [6.07, 6.45) is 7.11. The second-order valence-electron chi connectivity index (χ2n) is 5.85. The smallest absolute Gasteiger partial charge is 0.129 e. The number of hydrogen-bond donors (Lipinski definition) is 1. The molecule has 1 aliphatic heterocycles. The van der Waals surface area contributed by atoms with E-state index in [9.17, 15) is 5.11 Å². The Bertz CT molecular complexity index is 301. The third kappa shape index (κ3) is 2.36. The van der Waals surface area contributed by atoms with Gasteiger partial charge in [-0.3, -0.25) is 0 Å². The summed E-state index contributed by atoms with van der Waals surface area (Å²) >= 11 is 0. The van der Waals surface area contributed by atoms with Crippen molar-refractivity contribution >= 4 is 0 Å². The second kappa shape index (κ2) is 4.99. The van der Waals surface area contributed by atoms with Crippen LogP contribution in [0.2, 0.25) is 0 Å². The van der Waals surface area contributed by atoms with Gasteiger partial charge in [0.15, 0.2) is 0 Å². The van der Waals surface area contributed by atoms with Gasteiger partial charge in [0.1, 0.15) is 11.9 Å². The highest BCUT2D eigenvalue weighted by molar-refractivity contribution is 5.14. The monoisotopic (exact) mass is 239 g/mol. The summed E-state index contributed by atoms with van der Waals surface area (Å²) in [4.78, 5) is 2.20. The Balaban J connectivity index is 2.20. The first-order valence-electron chi connectivity index (χ1n) is 6.74. The van der Waals surface area contributed by atoms with Gasteiger partial charge < -0.3 is 14.7 Å². The SMILES string of the molecule is CC1CCCC(C(O)C2=CCCO2)(N(C)C)C1. The van der Waals surface area contributed by atoms with E-state index in [1.54, 1.807) is 0 Å². The molecule has 0 saturated heterocycles. The second-order valence-corrected chi connectivity index (χ2v) is 5.85. The standard InChI is InChI=1S/C14H25NO2/c1-11-6-4-8-14(10-11,15(2)3)13(16)12-7-5-9-17-12/h7,11,13,16H,4-6,8-10H2,1-3H3. The fourth-order valence-electron chi connectivity index (χ4n) is 3.36. The van der Waals surface area contributed by atoms with E-state index < -0.39 is 6.10 Å². The molecule has 2 rings (SSSR count). The molecule has 17 heavy (non-hydrogen) atoms. The van der Waals surface area contributed by atoms with Crippen molar-refractivity contribution in [2.75, 3.05) is 20.7 Å². The largest absolute Gasteiger partial charge is 0.495 e. The van der Waals surface area contributed by atoms with Crippen LogP contribution >= 0.6 is 0 Å². The first kappa shape index (κ1) is 12.9. The van der Waals surface area contributed by atoms with Crippen LogP contribution in [0.4, 0.5) is 0 Å². The van der Waals surface area contributed by atoms with Crippen molar-refractivity contribution in [2.45, 2.75) is 50.7 Å². The molecule has 0 bridgehead atoms. The Morgan fingerprint density at radius 3 is 2.82 bits per heavy atom. The summed E-state index contributed by atoms with van der Waals surface area (Å²) < 4.78 is 5.56. The molecule has 3 nitrogen and oxygen atoms in total. The summed E-state index contributed by atoms with van der Waals surface area (Å²) in [7, 11) is 4.16. The van der Waals surface area contributed by atoms with E-state index in [-0.39, 0.29) is 5.54 Å². The summed E-state index contributed by atoms with van der Waals surface area (Å²) in [6.45, 7) is 3.01. The predicted molar refractivity (Wildman–Crippen MR) is 68.7 cm³/mol. The van der Waals surface area contributed by atoms with Crippen LogP contribution in [0.1, 0.15) is 39.0 Å². The molecule has 1 aliphatic carbocycles. The van der Waals surface area contributed by atoms with E-state index in [4.69, 9.17) is 4.74 Å². The topological polar surface area (TPSA) is 32.7 Å². The van der Waals surface area contributed by atoms with Gasteiger partial charge in [0.25, 0.3) is 0 Å². The third-order valence-corrected chi connectivity index (χ3v) is 4.41. The van der Waals surface area contributed by atoms with E-state index in [1.807, 2.05) is 0 Å². The number of aliphatic hydroxyl groups excluding tert-OH is 1. The van der Waals surface area contributed by atoms with Gasteiger partial charge in [-0.2, -0.15) is 0 Å². The highest BCUT2D eigenvalue weighted by atomic mass is 16.5. The molecule has 0 aromatic rings. The lowest BCUT2D eigenvalue weighted by Gasteiger charge is -2.48. The number of ether oxygens (including phenoxy) is 1. The van der Waals surface area contributed by atoms with Crippen LogP contribution in [0.3, 0.4) is 0 Å². The maximum Gasteiger partial charge on any atom is 0.129 e. The Morgan fingerprint density at radius 1 is 1.53 bits per heavy atom. The number of rotatable bonds is 3. The van der Waals surface area contributed by atoms with Gasteiger partial charge in [0.05, 0.1) is 12.1 Å². The highest BCUT2D eigenvalue weighted by Gasteiger charge is 2.45. The number of hydrogen-bond acceptors (Lipinski definition) is 3. The minimum atomic E-state index is -0.470. The van der Waals surface area contributed by atoms with Gasteiger partial charge in [-0.05, 0) is 38.9 Å². The lowest BCUT2D eigenvalue weighted by molar-refractivity contribution is -0.0467. The van der Waals surface area contributed by atoms with E-state index in [2.05, 4.69) is 32.0 Å². The van der Waals surface area contributed by atoms with Gasteiger partial charge in [-0.15, -0.1) is 0 Å². The van der Waals surface area contributed by atoms with Crippen molar-refractivity contribution in [3.63, 3.8) is 0 Å². The molecule has 3 heteroatoms. The van der Waals surface area contributed by atoms with E-state index in [0.29, 0.717) is 5.92 Å². The normalized spacial score (nSPS) is 35.6. The lowest BCUT2D eigenvalue weighted by atomic mass is 9.72. The zero-order valence-electron chi connectivity index (χ0n) is 11.3. The average molecular weight is 239 g/mol. The van der Waals surface area contributed by atoms with Gasteiger partial charge in [-0.25, -0.2) is 0 Å². The Hall–Kier alpha value is -0.540. The van der Waals surface area contributed by atoms with Crippen molar-refractivity contribution < 1.29 is 9.84 Å². The van der Waals surface area contributed by atoms with Crippen molar-refractivity contribution in [3.8, 4) is 0 Å². The Kier molecular flexibility index (Phi) is 3.79. The van der Waals surface area contributed by atoms with E-state index >= 15 is 0 Å². The quantitative estimate of drug-likeness (QED) is 0.819. The maximum absolute atomic E-state index is 10.7. The highest BCUT2D eigenvalue weighted by Crippen LogP contribution is 2.40. The first-order chi connectivity index (χ1) is 8.06. The summed E-state index contributed by atoms with van der Waals surface area (Å²) in [5, 5.41) is 10.7. The molecule has 1 N–H and O–H groups in total. The van der Waals surface area contributed by atoms with Gasteiger partial charge in [0.2, 0.25) is 0 Å². The molecular formula is C14H25NO2. The van der Waals surface area contributed by atoms with Crippen LogP contribution in [-0.4, -0.2) is 42.4 Å².